The van der Waals surface area contributed by atoms with Crippen LogP contribution in [0.25, 0.3) is 0 Å². The van der Waals surface area contributed by atoms with E-state index in [1.807, 2.05) is 24.3 Å². The monoisotopic (exact) mass is 295 g/mol. The first-order chi connectivity index (χ1) is 9.51. The fourth-order valence-corrected chi connectivity index (χ4v) is 1.52. The summed E-state index contributed by atoms with van der Waals surface area (Å²) in [4.78, 5) is 22.1. The van der Waals surface area contributed by atoms with Crippen LogP contribution >= 0.6 is 12.2 Å². The molecule has 0 aromatic heterocycles. The summed E-state index contributed by atoms with van der Waals surface area (Å²) in [5, 5.41) is 2.34. The van der Waals surface area contributed by atoms with Crippen LogP contribution in [0.3, 0.4) is 0 Å². The maximum Gasteiger partial charge on any atom is 0.276 e. The van der Waals surface area contributed by atoms with E-state index in [0.717, 1.165) is 6.42 Å². The number of hydrogen-bond donors (Lipinski definition) is 3. The molecule has 0 atom stereocenters. The Labute approximate surface area is 122 Å². The third-order valence-corrected chi connectivity index (χ3v) is 2.51. The molecule has 6 nitrogen and oxygen atoms in total. The molecule has 1 aromatic carbocycles. The van der Waals surface area contributed by atoms with E-state index in [1.54, 1.807) is 0 Å². The largest absolute Gasteiger partial charge is 0.484 e. The number of carbonyl (C=O) groups is 2. The molecule has 7 heteroatoms. The van der Waals surface area contributed by atoms with Crippen LogP contribution in [0, 0.1) is 0 Å². The van der Waals surface area contributed by atoms with Crippen LogP contribution in [0.15, 0.2) is 24.3 Å². The van der Waals surface area contributed by atoms with Gasteiger partial charge in [-0.05, 0) is 36.3 Å². The van der Waals surface area contributed by atoms with Crippen molar-refractivity contribution in [2.45, 2.75) is 20.3 Å². The number of hydrogen-bond acceptors (Lipinski definition) is 4. The van der Waals surface area contributed by atoms with Gasteiger partial charge in [-0.25, -0.2) is 0 Å². The number of rotatable bonds is 4. The van der Waals surface area contributed by atoms with Crippen molar-refractivity contribution in [2.75, 3.05) is 6.61 Å². The summed E-state index contributed by atoms with van der Waals surface area (Å²) >= 11 is 4.76. The molecule has 20 heavy (non-hydrogen) atoms. The van der Waals surface area contributed by atoms with Gasteiger partial charge in [0, 0.05) is 6.92 Å². The maximum atomic E-state index is 11.5. The summed E-state index contributed by atoms with van der Waals surface area (Å²) in [6, 6.07) is 7.50. The predicted octanol–water partition coefficient (Wildman–Crippen LogP) is 0.670. The lowest BCUT2D eigenvalue weighted by Gasteiger charge is -2.10. The normalized spacial score (nSPS) is 9.50. The van der Waals surface area contributed by atoms with Gasteiger partial charge in [0.1, 0.15) is 5.75 Å². The standard InChI is InChI=1S/C13H17N3O3S/c1-3-10-4-6-11(7-5-10)19-8-12(18)15-16-13(20)14-9(2)17/h4-7H,3,8H2,1-2H3,(H,15,18)(H2,14,16,17,20). The number of aryl methyl sites for hydroxylation is 1. The molecule has 0 aliphatic rings. The Morgan fingerprint density at radius 1 is 1.20 bits per heavy atom. The summed E-state index contributed by atoms with van der Waals surface area (Å²) in [6.45, 7) is 3.23. The van der Waals surface area contributed by atoms with Crippen LogP contribution in [0.1, 0.15) is 19.4 Å². The first-order valence-corrected chi connectivity index (χ1v) is 6.50. The SMILES string of the molecule is CCc1ccc(OCC(=O)NNC(=S)NC(C)=O)cc1. The van der Waals surface area contributed by atoms with E-state index in [2.05, 4.69) is 23.1 Å². The van der Waals surface area contributed by atoms with E-state index in [4.69, 9.17) is 17.0 Å². The lowest BCUT2D eigenvalue weighted by Crippen LogP contribution is -2.49. The summed E-state index contributed by atoms with van der Waals surface area (Å²) < 4.78 is 5.30. The minimum atomic E-state index is -0.405. The average molecular weight is 295 g/mol. The van der Waals surface area contributed by atoms with Crippen molar-refractivity contribution < 1.29 is 14.3 Å². The highest BCUT2D eigenvalue weighted by atomic mass is 32.1. The highest BCUT2D eigenvalue weighted by molar-refractivity contribution is 7.80. The highest BCUT2D eigenvalue weighted by Crippen LogP contribution is 2.12. The molecule has 0 aliphatic heterocycles. The fourth-order valence-electron chi connectivity index (χ4n) is 1.32. The first-order valence-electron chi connectivity index (χ1n) is 6.09. The van der Waals surface area contributed by atoms with Crippen molar-refractivity contribution in [2.24, 2.45) is 0 Å². The van der Waals surface area contributed by atoms with E-state index in [9.17, 15) is 9.59 Å². The van der Waals surface area contributed by atoms with Crippen molar-refractivity contribution in [3.05, 3.63) is 29.8 Å². The topological polar surface area (TPSA) is 79.5 Å². The van der Waals surface area contributed by atoms with E-state index < -0.39 is 5.91 Å². The van der Waals surface area contributed by atoms with Gasteiger partial charge in [-0.1, -0.05) is 19.1 Å². The number of ether oxygens (including phenoxy) is 1. The molecule has 1 rings (SSSR count). The molecule has 0 unspecified atom stereocenters. The van der Waals surface area contributed by atoms with Crippen molar-refractivity contribution in [3.8, 4) is 5.75 Å². The number of carbonyl (C=O) groups excluding carboxylic acids is 2. The van der Waals surface area contributed by atoms with Crippen LogP contribution in [0.5, 0.6) is 5.75 Å². The second kappa shape index (κ2) is 8.11. The van der Waals surface area contributed by atoms with Gasteiger partial charge < -0.3 is 10.1 Å². The smallest absolute Gasteiger partial charge is 0.276 e. The number of benzene rings is 1. The summed E-state index contributed by atoms with van der Waals surface area (Å²) in [6.07, 6.45) is 0.950. The third kappa shape index (κ3) is 6.14. The molecular formula is C13H17N3O3S. The molecule has 2 amide bonds. The zero-order valence-electron chi connectivity index (χ0n) is 11.4. The second-order valence-corrected chi connectivity index (χ2v) is 4.38. The number of nitrogens with one attached hydrogen (secondary N) is 3. The third-order valence-electron chi connectivity index (χ3n) is 2.31. The Kier molecular flexibility index (Phi) is 6.45. The Hall–Kier alpha value is -2.15. The summed E-state index contributed by atoms with van der Waals surface area (Å²) in [5.41, 5.74) is 5.90. The van der Waals surface area contributed by atoms with Crippen LogP contribution in [0.4, 0.5) is 0 Å². The molecule has 0 saturated heterocycles. The van der Waals surface area contributed by atoms with Crippen molar-refractivity contribution in [1.82, 2.24) is 16.2 Å². The van der Waals surface area contributed by atoms with E-state index in [1.165, 1.54) is 12.5 Å². The molecule has 0 fully saturated rings. The molecule has 3 N–H and O–H groups in total. The van der Waals surface area contributed by atoms with Crippen molar-refractivity contribution in [3.63, 3.8) is 0 Å². The molecule has 0 aliphatic carbocycles. The minimum absolute atomic E-state index is 0.0261. The number of amides is 2. The average Bonchev–Trinajstić information content (AvgIpc) is 2.42. The Bertz CT molecular complexity index is 488. The minimum Gasteiger partial charge on any atom is -0.484 e. The quantitative estimate of drug-likeness (QED) is 0.562. The molecule has 0 spiro atoms. The lowest BCUT2D eigenvalue weighted by molar-refractivity contribution is -0.124. The Balaban J connectivity index is 2.28. The summed E-state index contributed by atoms with van der Waals surface area (Å²) in [5.74, 6) is -0.108. The zero-order valence-corrected chi connectivity index (χ0v) is 12.2. The van der Waals surface area contributed by atoms with E-state index >= 15 is 0 Å². The second-order valence-electron chi connectivity index (χ2n) is 3.97. The predicted molar refractivity (Wildman–Crippen MR) is 79.0 cm³/mol. The van der Waals surface area contributed by atoms with Gasteiger partial charge in [-0.15, -0.1) is 0 Å². The molecule has 108 valence electrons. The van der Waals surface area contributed by atoms with Crippen LogP contribution in [-0.4, -0.2) is 23.5 Å². The highest BCUT2D eigenvalue weighted by Gasteiger charge is 2.04. The van der Waals surface area contributed by atoms with Gasteiger partial charge in [-0.3, -0.25) is 20.4 Å². The lowest BCUT2D eigenvalue weighted by atomic mass is 10.2. The molecule has 0 radical (unpaired) electrons. The van der Waals surface area contributed by atoms with Crippen molar-refractivity contribution >= 4 is 29.1 Å². The van der Waals surface area contributed by atoms with Crippen LogP contribution in [0.2, 0.25) is 0 Å². The van der Waals surface area contributed by atoms with E-state index in [0.29, 0.717) is 5.75 Å². The fraction of sp³-hybridized carbons (Fsp3) is 0.308. The zero-order chi connectivity index (χ0) is 15.0. The van der Waals surface area contributed by atoms with Gasteiger partial charge in [0.15, 0.2) is 11.7 Å². The van der Waals surface area contributed by atoms with E-state index in [-0.39, 0.29) is 17.6 Å². The molecule has 0 saturated carbocycles. The van der Waals surface area contributed by atoms with Gasteiger partial charge >= 0.3 is 0 Å². The van der Waals surface area contributed by atoms with Gasteiger partial charge in [0.2, 0.25) is 5.91 Å². The maximum absolute atomic E-state index is 11.5. The van der Waals surface area contributed by atoms with Gasteiger partial charge in [0.25, 0.3) is 5.91 Å². The number of thiocarbonyl (C=S) groups is 1. The summed E-state index contributed by atoms with van der Waals surface area (Å²) in [7, 11) is 0. The Morgan fingerprint density at radius 3 is 2.40 bits per heavy atom. The molecular weight excluding hydrogens is 278 g/mol. The molecule has 1 aromatic rings. The van der Waals surface area contributed by atoms with Crippen molar-refractivity contribution in [1.29, 1.82) is 0 Å². The van der Waals surface area contributed by atoms with Crippen LogP contribution < -0.4 is 20.9 Å². The molecule has 0 heterocycles. The first kappa shape index (κ1) is 15.9. The van der Waals surface area contributed by atoms with Gasteiger partial charge in [0.05, 0.1) is 0 Å². The molecule has 0 bridgehead atoms. The van der Waals surface area contributed by atoms with Crippen LogP contribution in [-0.2, 0) is 16.0 Å². The Morgan fingerprint density at radius 2 is 1.85 bits per heavy atom. The van der Waals surface area contributed by atoms with Gasteiger partial charge in [-0.2, -0.15) is 0 Å². The number of hydrazine groups is 1.